The molecule has 0 aliphatic carbocycles. The van der Waals surface area contributed by atoms with Crippen molar-refractivity contribution in [3.05, 3.63) is 50.1 Å². The summed E-state index contributed by atoms with van der Waals surface area (Å²) in [5.41, 5.74) is 1.72. The number of aryl methyl sites for hydroxylation is 1. The molecular formula is C15H17IN2O. The van der Waals surface area contributed by atoms with E-state index in [-0.39, 0.29) is 5.56 Å². The van der Waals surface area contributed by atoms with Crippen LogP contribution in [-0.4, -0.2) is 9.97 Å². The average molecular weight is 368 g/mol. The second-order valence-corrected chi connectivity index (χ2v) is 6.05. The Labute approximate surface area is 126 Å². The molecule has 0 radical (unpaired) electrons. The molecule has 100 valence electrons. The topological polar surface area (TPSA) is 45.8 Å². The molecule has 2 aromatic rings. The molecule has 3 nitrogen and oxygen atoms in total. The van der Waals surface area contributed by atoms with Gasteiger partial charge in [0, 0.05) is 12.0 Å². The summed E-state index contributed by atoms with van der Waals surface area (Å²) in [6.45, 7) is 4.34. The van der Waals surface area contributed by atoms with E-state index in [2.05, 4.69) is 46.4 Å². The molecule has 0 atom stereocenters. The van der Waals surface area contributed by atoms with Gasteiger partial charge >= 0.3 is 0 Å². The first-order valence-electron chi connectivity index (χ1n) is 6.42. The second kappa shape index (κ2) is 6.32. The quantitative estimate of drug-likeness (QED) is 0.838. The van der Waals surface area contributed by atoms with Crippen LogP contribution in [-0.2, 0) is 6.42 Å². The van der Waals surface area contributed by atoms with Crippen LogP contribution in [0.4, 0.5) is 0 Å². The van der Waals surface area contributed by atoms with Gasteiger partial charge in [-0.3, -0.25) is 4.79 Å². The lowest BCUT2D eigenvalue weighted by atomic mass is 10.1. The number of aromatic nitrogens is 2. The number of hydrogen-bond acceptors (Lipinski definition) is 2. The summed E-state index contributed by atoms with van der Waals surface area (Å²) >= 11 is 2.06. The van der Waals surface area contributed by atoms with E-state index in [4.69, 9.17) is 0 Å². The molecule has 4 heteroatoms. The van der Waals surface area contributed by atoms with Crippen LogP contribution in [0.5, 0.6) is 0 Å². The zero-order chi connectivity index (χ0) is 13.8. The number of aromatic amines is 1. The predicted octanol–water partition coefficient (Wildman–Crippen LogP) is 3.63. The van der Waals surface area contributed by atoms with Gasteiger partial charge in [-0.05, 0) is 34.9 Å². The molecule has 2 rings (SSSR count). The Bertz CT molecular complexity index is 605. The molecule has 1 N–H and O–H groups in total. The van der Waals surface area contributed by atoms with E-state index in [1.54, 1.807) is 0 Å². The fourth-order valence-electron chi connectivity index (χ4n) is 1.84. The van der Waals surface area contributed by atoms with Gasteiger partial charge in [0.1, 0.15) is 9.39 Å². The van der Waals surface area contributed by atoms with Gasteiger partial charge in [-0.2, -0.15) is 0 Å². The highest BCUT2D eigenvalue weighted by atomic mass is 127. The fourth-order valence-corrected chi connectivity index (χ4v) is 2.40. The summed E-state index contributed by atoms with van der Waals surface area (Å²) in [7, 11) is 0. The zero-order valence-electron chi connectivity index (χ0n) is 11.1. The minimum Gasteiger partial charge on any atom is -0.310 e. The molecule has 0 aliphatic heterocycles. The number of nitrogens with one attached hydrogen (secondary N) is 1. The number of benzene rings is 1. The molecule has 0 saturated carbocycles. The maximum absolute atomic E-state index is 12.0. The number of H-pyrrole nitrogens is 1. The summed E-state index contributed by atoms with van der Waals surface area (Å²) in [4.78, 5) is 19.5. The smallest absolute Gasteiger partial charge is 0.264 e. The Hall–Kier alpha value is -1.17. The first-order valence-corrected chi connectivity index (χ1v) is 7.50. The summed E-state index contributed by atoms with van der Waals surface area (Å²) in [5.74, 6) is 1.38. The number of nitrogens with zero attached hydrogens (tertiary/aromatic N) is 1. The van der Waals surface area contributed by atoms with E-state index in [1.165, 1.54) is 0 Å². The van der Waals surface area contributed by atoms with E-state index in [0.717, 1.165) is 29.9 Å². The molecule has 0 unspecified atom stereocenters. The molecule has 19 heavy (non-hydrogen) atoms. The largest absolute Gasteiger partial charge is 0.310 e. The first-order chi connectivity index (χ1) is 9.08. The molecule has 0 amide bonds. The van der Waals surface area contributed by atoms with Crippen LogP contribution in [0.25, 0.3) is 11.3 Å². The molecule has 1 aromatic carbocycles. The van der Waals surface area contributed by atoms with Crippen LogP contribution in [0.1, 0.15) is 26.1 Å². The Balaban J connectivity index is 2.41. The van der Waals surface area contributed by atoms with Gasteiger partial charge in [-0.15, -0.1) is 0 Å². The van der Waals surface area contributed by atoms with Crippen LogP contribution in [0.2, 0.25) is 0 Å². The molecule has 0 fully saturated rings. The average Bonchev–Trinajstić information content (AvgIpc) is 2.41. The van der Waals surface area contributed by atoms with Crippen LogP contribution < -0.4 is 5.56 Å². The Morgan fingerprint density at radius 2 is 1.95 bits per heavy atom. The predicted molar refractivity (Wildman–Crippen MR) is 86.2 cm³/mol. The van der Waals surface area contributed by atoms with Crippen molar-refractivity contribution < 1.29 is 0 Å². The minimum absolute atomic E-state index is 0.0480. The van der Waals surface area contributed by atoms with Crippen molar-refractivity contribution in [3.63, 3.8) is 0 Å². The Morgan fingerprint density at radius 1 is 1.26 bits per heavy atom. The normalized spacial score (nSPS) is 10.9. The van der Waals surface area contributed by atoms with Crippen molar-refractivity contribution in [2.45, 2.75) is 26.7 Å². The number of halogens is 1. The van der Waals surface area contributed by atoms with Crippen molar-refractivity contribution in [1.29, 1.82) is 0 Å². The van der Waals surface area contributed by atoms with Crippen LogP contribution in [0.15, 0.2) is 35.1 Å². The van der Waals surface area contributed by atoms with Gasteiger partial charge in [0.15, 0.2) is 0 Å². The maximum atomic E-state index is 12.0. The highest BCUT2D eigenvalue weighted by Gasteiger charge is 2.11. The standard InChI is InChI=1S/C15H17IN2O/c1-10(2)8-9-12-17-14(13(16)15(19)18-12)11-6-4-3-5-7-11/h3-7,10H,8-9H2,1-2H3,(H,17,18,19). The van der Waals surface area contributed by atoms with E-state index in [0.29, 0.717) is 9.49 Å². The summed E-state index contributed by atoms with van der Waals surface area (Å²) < 4.78 is 0.650. The molecule has 1 heterocycles. The molecular weight excluding hydrogens is 351 g/mol. The Kier molecular flexibility index (Phi) is 4.74. The summed E-state index contributed by atoms with van der Waals surface area (Å²) in [6.07, 6.45) is 1.83. The van der Waals surface area contributed by atoms with Gasteiger partial charge < -0.3 is 4.98 Å². The van der Waals surface area contributed by atoms with Gasteiger partial charge in [0.05, 0.1) is 5.69 Å². The van der Waals surface area contributed by atoms with Gasteiger partial charge in [-0.25, -0.2) is 4.98 Å². The van der Waals surface area contributed by atoms with Crippen molar-refractivity contribution in [2.75, 3.05) is 0 Å². The van der Waals surface area contributed by atoms with Gasteiger partial charge in [0.2, 0.25) is 0 Å². The fraction of sp³-hybridized carbons (Fsp3) is 0.333. The number of hydrogen-bond donors (Lipinski definition) is 1. The van der Waals surface area contributed by atoms with E-state index >= 15 is 0 Å². The molecule has 0 bridgehead atoms. The van der Waals surface area contributed by atoms with E-state index in [1.807, 2.05) is 30.3 Å². The molecule has 0 aliphatic rings. The maximum Gasteiger partial charge on any atom is 0.264 e. The second-order valence-electron chi connectivity index (χ2n) is 4.97. The van der Waals surface area contributed by atoms with E-state index in [9.17, 15) is 4.79 Å². The molecule has 0 saturated heterocycles. The van der Waals surface area contributed by atoms with Crippen molar-refractivity contribution in [2.24, 2.45) is 5.92 Å². The zero-order valence-corrected chi connectivity index (χ0v) is 13.3. The highest BCUT2D eigenvalue weighted by molar-refractivity contribution is 14.1. The Morgan fingerprint density at radius 3 is 2.58 bits per heavy atom. The monoisotopic (exact) mass is 368 g/mol. The number of rotatable bonds is 4. The third-order valence-corrected chi connectivity index (χ3v) is 3.92. The highest BCUT2D eigenvalue weighted by Crippen LogP contribution is 2.20. The lowest BCUT2D eigenvalue weighted by Crippen LogP contribution is -2.16. The lowest BCUT2D eigenvalue weighted by Gasteiger charge is -2.08. The molecule has 0 spiro atoms. The van der Waals surface area contributed by atoms with Crippen LogP contribution in [0.3, 0.4) is 0 Å². The van der Waals surface area contributed by atoms with Crippen molar-refractivity contribution in [1.82, 2.24) is 9.97 Å². The third-order valence-electron chi connectivity index (χ3n) is 2.92. The third kappa shape index (κ3) is 3.65. The summed E-state index contributed by atoms with van der Waals surface area (Å²) in [6, 6.07) is 9.85. The summed E-state index contributed by atoms with van der Waals surface area (Å²) in [5, 5.41) is 0. The minimum atomic E-state index is -0.0480. The van der Waals surface area contributed by atoms with Crippen molar-refractivity contribution in [3.8, 4) is 11.3 Å². The van der Waals surface area contributed by atoms with Gasteiger partial charge in [0.25, 0.3) is 5.56 Å². The SMILES string of the molecule is CC(C)CCc1nc(-c2ccccc2)c(I)c(=O)[nH]1. The first kappa shape index (κ1) is 14.2. The van der Waals surface area contributed by atoms with Crippen molar-refractivity contribution >= 4 is 22.6 Å². The van der Waals surface area contributed by atoms with E-state index < -0.39 is 0 Å². The van der Waals surface area contributed by atoms with Crippen LogP contribution in [0, 0.1) is 9.49 Å². The molecule has 1 aromatic heterocycles. The van der Waals surface area contributed by atoms with Crippen LogP contribution >= 0.6 is 22.6 Å². The lowest BCUT2D eigenvalue weighted by molar-refractivity contribution is 0.574. The van der Waals surface area contributed by atoms with Gasteiger partial charge in [-0.1, -0.05) is 44.2 Å².